The molecule has 2 aliphatic rings. The highest BCUT2D eigenvalue weighted by atomic mass is 32.1. The number of fused-ring (bicyclic) bond motifs is 2. The Morgan fingerprint density at radius 1 is 0.639 bits per heavy atom. The Labute approximate surface area is 219 Å². The molecule has 0 bridgehead atoms. The van der Waals surface area contributed by atoms with Gasteiger partial charge in [0.1, 0.15) is 13.2 Å². The molecule has 0 radical (unpaired) electrons. The lowest BCUT2D eigenvalue weighted by Crippen LogP contribution is -2.34. The van der Waals surface area contributed by atoms with Crippen molar-refractivity contribution in [1.29, 1.82) is 0 Å². The lowest BCUT2D eigenvalue weighted by atomic mass is 10.2. The molecule has 36 heavy (non-hydrogen) atoms. The fraction of sp³-hybridized carbons (Fsp3) is 0.667. The third-order valence-electron chi connectivity index (χ3n) is 5.27. The van der Waals surface area contributed by atoms with Gasteiger partial charge in [-0.2, -0.15) is 0 Å². The molecule has 2 aliphatic heterocycles. The summed E-state index contributed by atoms with van der Waals surface area (Å²) in [5.74, 6) is 2.92. The summed E-state index contributed by atoms with van der Waals surface area (Å²) in [7, 11) is 3.30. The molecule has 2 atom stereocenters. The Morgan fingerprint density at radius 3 is 1.83 bits per heavy atom. The predicted molar refractivity (Wildman–Crippen MR) is 134 cm³/mol. The van der Waals surface area contributed by atoms with Gasteiger partial charge >= 0.3 is 0 Å². The van der Waals surface area contributed by atoms with Crippen molar-refractivity contribution in [2.24, 2.45) is 0 Å². The molecule has 4 heterocycles. The van der Waals surface area contributed by atoms with Gasteiger partial charge in [-0.05, 0) is 0 Å². The molecule has 202 valence electrons. The molecule has 0 fully saturated rings. The zero-order valence-electron chi connectivity index (χ0n) is 20.7. The van der Waals surface area contributed by atoms with E-state index < -0.39 is 0 Å². The summed E-state index contributed by atoms with van der Waals surface area (Å²) in [6.45, 7) is 5.98. The number of hydrogen-bond donors (Lipinski definition) is 0. The molecule has 0 amide bonds. The van der Waals surface area contributed by atoms with Crippen molar-refractivity contribution in [2.45, 2.75) is 12.2 Å². The number of thiophene rings is 2. The lowest BCUT2D eigenvalue weighted by molar-refractivity contribution is -0.0178. The van der Waals surface area contributed by atoms with Gasteiger partial charge in [-0.3, -0.25) is 0 Å². The summed E-state index contributed by atoms with van der Waals surface area (Å²) >= 11 is 3.13. The zero-order chi connectivity index (χ0) is 25.0. The van der Waals surface area contributed by atoms with E-state index >= 15 is 0 Å². The van der Waals surface area contributed by atoms with E-state index in [9.17, 15) is 0 Å². The number of ether oxygens (including phenoxy) is 10. The van der Waals surface area contributed by atoms with E-state index in [1.165, 1.54) is 0 Å². The molecule has 0 saturated carbocycles. The Hall–Kier alpha value is -1.64. The normalized spacial score (nSPS) is 18.5. The maximum Gasteiger partial charge on any atom is 0.181 e. The van der Waals surface area contributed by atoms with Crippen molar-refractivity contribution in [3.8, 4) is 32.8 Å². The molecule has 4 rings (SSSR count). The van der Waals surface area contributed by atoms with Gasteiger partial charge in [0.15, 0.2) is 35.2 Å². The van der Waals surface area contributed by atoms with Crippen LogP contribution < -0.4 is 18.9 Å². The van der Waals surface area contributed by atoms with Crippen LogP contribution in [0.15, 0.2) is 10.8 Å². The second-order valence-electron chi connectivity index (χ2n) is 7.98. The standard InChI is InChI=1S/C24H34O10S2/c1-25-3-5-27-7-9-29-11-17-14-32-21-20(33-17)16-36-23(21)24-22-19(15-35-24)31-13-18(34-22)12-30-10-8-28-6-4-26-2/h15-18H,3-14H2,1-2H3. The Morgan fingerprint density at radius 2 is 1.17 bits per heavy atom. The van der Waals surface area contributed by atoms with E-state index in [0.29, 0.717) is 79.3 Å². The molecule has 2 aromatic heterocycles. The fourth-order valence-corrected chi connectivity index (χ4v) is 5.49. The first-order valence-corrected chi connectivity index (χ1v) is 13.7. The number of hydrogen-bond acceptors (Lipinski definition) is 12. The first-order chi connectivity index (χ1) is 17.8. The van der Waals surface area contributed by atoms with Crippen LogP contribution in [0.4, 0.5) is 0 Å². The van der Waals surface area contributed by atoms with Gasteiger partial charge in [-0.15, -0.1) is 22.7 Å². The zero-order valence-corrected chi connectivity index (χ0v) is 22.3. The maximum absolute atomic E-state index is 6.25. The van der Waals surface area contributed by atoms with Crippen LogP contribution in [0.25, 0.3) is 9.75 Å². The monoisotopic (exact) mass is 546 g/mol. The molecule has 2 unspecified atom stereocenters. The number of rotatable bonds is 17. The van der Waals surface area contributed by atoms with Gasteiger partial charge in [0.05, 0.1) is 75.8 Å². The van der Waals surface area contributed by atoms with E-state index in [1.807, 2.05) is 10.8 Å². The van der Waals surface area contributed by atoms with Crippen LogP contribution >= 0.6 is 22.7 Å². The topological polar surface area (TPSA) is 92.3 Å². The van der Waals surface area contributed by atoms with Crippen LogP contribution in [0, 0.1) is 0 Å². The average Bonchev–Trinajstić information content (AvgIpc) is 3.51. The molecule has 2 aromatic rings. The van der Waals surface area contributed by atoms with Crippen LogP contribution in [0.1, 0.15) is 0 Å². The molecule has 12 heteroatoms. The minimum atomic E-state index is -0.196. The molecular weight excluding hydrogens is 512 g/mol. The second-order valence-corrected chi connectivity index (χ2v) is 9.74. The van der Waals surface area contributed by atoms with Crippen molar-refractivity contribution >= 4 is 22.7 Å². The Kier molecular flexibility index (Phi) is 11.4. The molecule has 10 nitrogen and oxygen atoms in total. The van der Waals surface area contributed by atoms with Crippen molar-refractivity contribution in [3.63, 3.8) is 0 Å². The first kappa shape index (κ1) is 27.4. The van der Waals surface area contributed by atoms with Gasteiger partial charge in [-0.25, -0.2) is 0 Å². The van der Waals surface area contributed by atoms with Crippen molar-refractivity contribution in [2.75, 3.05) is 93.5 Å². The van der Waals surface area contributed by atoms with Crippen LogP contribution in [0.3, 0.4) is 0 Å². The van der Waals surface area contributed by atoms with E-state index in [4.69, 9.17) is 47.4 Å². The summed E-state index contributed by atoms with van der Waals surface area (Å²) in [4.78, 5) is 1.94. The highest BCUT2D eigenvalue weighted by Crippen LogP contribution is 2.54. The molecule has 0 aliphatic carbocycles. The molecule has 0 aromatic carbocycles. The van der Waals surface area contributed by atoms with E-state index in [0.717, 1.165) is 32.8 Å². The summed E-state index contributed by atoms with van der Waals surface area (Å²) in [6, 6.07) is 0. The van der Waals surface area contributed by atoms with Gasteiger partial charge < -0.3 is 47.4 Å². The highest BCUT2D eigenvalue weighted by molar-refractivity contribution is 7.21. The fourth-order valence-electron chi connectivity index (χ4n) is 3.50. The largest absolute Gasteiger partial charge is 0.485 e. The third-order valence-corrected chi connectivity index (χ3v) is 7.31. The van der Waals surface area contributed by atoms with E-state index in [2.05, 4.69) is 0 Å². The molecule has 0 spiro atoms. The summed E-state index contributed by atoms with van der Waals surface area (Å²) in [6.07, 6.45) is -0.367. The van der Waals surface area contributed by atoms with E-state index in [-0.39, 0.29) is 12.2 Å². The summed E-state index contributed by atoms with van der Waals surface area (Å²) in [5.41, 5.74) is 0. The van der Waals surface area contributed by atoms with Crippen molar-refractivity contribution in [3.05, 3.63) is 10.8 Å². The van der Waals surface area contributed by atoms with Crippen LogP contribution in [0.5, 0.6) is 23.0 Å². The van der Waals surface area contributed by atoms with Gasteiger partial charge in [0.2, 0.25) is 0 Å². The van der Waals surface area contributed by atoms with Gasteiger partial charge in [-0.1, -0.05) is 0 Å². The Balaban J connectivity index is 1.24. The van der Waals surface area contributed by atoms with Gasteiger partial charge in [0, 0.05) is 25.0 Å². The lowest BCUT2D eigenvalue weighted by Gasteiger charge is -2.26. The van der Waals surface area contributed by atoms with Crippen LogP contribution in [-0.2, 0) is 28.4 Å². The summed E-state index contributed by atoms with van der Waals surface area (Å²) < 4.78 is 56.5. The first-order valence-electron chi connectivity index (χ1n) is 11.9. The number of methoxy groups -OCH3 is 2. The SMILES string of the molecule is COCCOCCOCC1COc2c(csc2-c2scc3c2OC(COCCOCCOC)CO3)O1. The van der Waals surface area contributed by atoms with Gasteiger partial charge in [0.25, 0.3) is 0 Å². The van der Waals surface area contributed by atoms with Crippen molar-refractivity contribution < 1.29 is 47.4 Å². The second kappa shape index (κ2) is 14.9. The van der Waals surface area contributed by atoms with Crippen LogP contribution in [0.2, 0.25) is 0 Å². The molecule has 0 saturated heterocycles. The quantitative estimate of drug-likeness (QED) is 0.276. The van der Waals surface area contributed by atoms with Crippen LogP contribution in [-0.4, -0.2) is 106 Å². The van der Waals surface area contributed by atoms with Crippen molar-refractivity contribution in [1.82, 2.24) is 0 Å². The minimum absolute atomic E-state index is 0.171. The molecule has 0 N–H and O–H groups in total. The predicted octanol–water partition coefficient (Wildman–Crippen LogP) is 3.12. The average molecular weight is 547 g/mol. The minimum Gasteiger partial charge on any atom is -0.485 e. The maximum atomic E-state index is 6.25. The summed E-state index contributed by atoms with van der Waals surface area (Å²) in [5, 5.41) is 3.93. The molecular formula is C24H34O10S2. The smallest absolute Gasteiger partial charge is 0.181 e. The third kappa shape index (κ3) is 7.68. The Bertz CT molecular complexity index is 902. The van der Waals surface area contributed by atoms with E-state index in [1.54, 1.807) is 36.9 Å². The highest BCUT2D eigenvalue weighted by Gasteiger charge is 2.32.